The Morgan fingerprint density at radius 1 is 1.20 bits per heavy atom. The summed E-state index contributed by atoms with van der Waals surface area (Å²) >= 11 is 0. The van der Waals surface area contributed by atoms with Crippen LogP contribution >= 0.6 is 0 Å². The van der Waals surface area contributed by atoms with Gasteiger partial charge in [-0.25, -0.2) is 0 Å². The van der Waals surface area contributed by atoms with Crippen molar-refractivity contribution in [1.29, 1.82) is 0 Å². The molecule has 1 aliphatic rings. The van der Waals surface area contributed by atoms with E-state index in [-0.39, 0.29) is 5.78 Å². The molecule has 2 aromatic heterocycles. The van der Waals surface area contributed by atoms with E-state index < -0.39 is 0 Å². The Kier molecular flexibility index (Phi) is 4.20. The molecule has 0 unspecified atom stereocenters. The first-order valence-corrected chi connectivity index (χ1v) is 8.74. The predicted octanol–water partition coefficient (Wildman–Crippen LogP) is 3.90. The van der Waals surface area contributed by atoms with E-state index in [0.29, 0.717) is 11.1 Å². The van der Waals surface area contributed by atoms with Crippen LogP contribution in [0.15, 0.2) is 55.0 Å². The van der Waals surface area contributed by atoms with Crippen LogP contribution in [-0.2, 0) is 0 Å². The van der Waals surface area contributed by atoms with Crippen molar-refractivity contribution in [2.45, 2.75) is 13.3 Å². The molecule has 4 nitrogen and oxygen atoms in total. The molecule has 4 heteroatoms. The third-order valence-corrected chi connectivity index (χ3v) is 4.97. The lowest BCUT2D eigenvalue weighted by molar-refractivity contribution is 0.103. The van der Waals surface area contributed by atoms with Gasteiger partial charge in [-0.2, -0.15) is 0 Å². The molecule has 0 saturated heterocycles. The lowest BCUT2D eigenvalue weighted by Gasteiger charge is -2.24. The molecular formula is C21H21N3O. The number of nitrogens with one attached hydrogen (secondary N) is 1. The topological polar surface area (TPSA) is 49.0 Å². The van der Waals surface area contributed by atoms with Crippen LogP contribution in [0, 0.1) is 0 Å². The average Bonchev–Trinajstić information content (AvgIpc) is 3.11. The van der Waals surface area contributed by atoms with Crippen molar-refractivity contribution in [3.63, 3.8) is 0 Å². The van der Waals surface area contributed by atoms with Gasteiger partial charge in [-0.1, -0.05) is 13.0 Å². The van der Waals surface area contributed by atoms with Crippen molar-refractivity contribution in [3.05, 3.63) is 71.7 Å². The molecular weight excluding hydrogens is 310 g/mol. The van der Waals surface area contributed by atoms with Gasteiger partial charge in [-0.15, -0.1) is 0 Å². The number of fused-ring (bicyclic) bond motifs is 1. The smallest absolute Gasteiger partial charge is 0.193 e. The summed E-state index contributed by atoms with van der Waals surface area (Å²) in [5.41, 5.74) is 5.03. The largest absolute Gasteiger partial charge is 0.361 e. The summed E-state index contributed by atoms with van der Waals surface area (Å²) in [6, 6.07) is 9.41. The Bertz CT molecular complexity index is 940. The van der Waals surface area contributed by atoms with Gasteiger partial charge in [0, 0.05) is 59.3 Å². The Morgan fingerprint density at radius 2 is 2.04 bits per heavy atom. The number of hydrogen-bond donors (Lipinski definition) is 1. The lowest BCUT2D eigenvalue weighted by Crippen LogP contribution is -2.27. The summed E-state index contributed by atoms with van der Waals surface area (Å²) in [5.74, 6) is 0.0335. The molecule has 1 aliphatic heterocycles. The molecule has 0 spiro atoms. The summed E-state index contributed by atoms with van der Waals surface area (Å²) < 4.78 is 0. The number of benzene rings is 1. The fraction of sp³-hybridized carbons (Fsp3) is 0.238. The van der Waals surface area contributed by atoms with E-state index in [2.05, 4.69) is 34.1 Å². The van der Waals surface area contributed by atoms with Gasteiger partial charge in [0.2, 0.25) is 0 Å². The van der Waals surface area contributed by atoms with Crippen LogP contribution in [0.5, 0.6) is 0 Å². The highest BCUT2D eigenvalue weighted by Gasteiger charge is 2.16. The van der Waals surface area contributed by atoms with Crippen molar-refractivity contribution >= 4 is 22.3 Å². The van der Waals surface area contributed by atoms with Gasteiger partial charge in [0.1, 0.15) is 0 Å². The van der Waals surface area contributed by atoms with Crippen LogP contribution in [0.1, 0.15) is 34.8 Å². The fourth-order valence-electron chi connectivity index (χ4n) is 3.44. The zero-order valence-corrected chi connectivity index (χ0v) is 14.3. The van der Waals surface area contributed by atoms with Gasteiger partial charge >= 0.3 is 0 Å². The van der Waals surface area contributed by atoms with Gasteiger partial charge in [0.15, 0.2) is 5.78 Å². The number of aromatic nitrogens is 2. The molecule has 3 aromatic rings. The van der Waals surface area contributed by atoms with E-state index in [4.69, 9.17) is 0 Å². The number of rotatable bonds is 4. The molecule has 0 bridgehead atoms. The SMILES string of the molecule is CCN1CC=C(c2c[nH]c3ccc(C(=O)c4ccncc4)cc23)CC1. The molecule has 0 saturated carbocycles. The summed E-state index contributed by atoms with van der Waals surface area (Å²) in [7, 11) is 0. The zero-order valence-electron chi connectivity index (χ0n) is 14.3. The minimum Gasteiger partial charge on any atom is -0.361 e. The normalized spacial score (nSPS) is 15.3. The second-order valence-electron chi connectivity index (χ2n) is 6.40. The molecule has 4 rings (SSSR count). The Labute approximate surface area is 147 Å². The van der Waals surface area contributed by atoms with E-state index in [9.17, 15) is 4.79 Å². The van der Waals surface area contributed by atoms with Crippen LogP contribution in [0.2, 0.25) is 0 Å². The van der Waals surface area contributed by atoms with Crippen molar-refractivity contribution in [2.75, 3.05) is 19.6 Å². The van der Waals surface area contributed by atoms with Crippen LogP contribution < -0.4 is 0 Å². The minimum absolute atomic E-state index is 0.0335. The molecule has 3 heterocycles. The summed E-state index contributed by atoms with van der Waals surface area (Å²) in [6.45, 7) is 5.36. The van der Waals surface area contributed by atoms with E-state index in [1.54, 1.807) is 24.5 Å². The number of aromatic amines is 1. The number of pyridine rings is 1. The maximum atomic E-state index is 12.7. The fourth-order valence-corrected chi connectivity index (χ4v) is 3.44. The summed E-state index contributed by atoms with van der Waals surface area (Å²) in [5, 5.41) is 1.12. The van der Waals surface area contributed by atoms with E-state index in [1.165, 1.54) is 11.1 Å². The van der Waals surface area contributed by atoms with Crippen molar-refractivity contribution in [2.24, 2.45) is 0 Å². The van der Waals surface area contributed by atoms with Gasteiger partial charge in [0.05, 0.1) is 0 Å². The monoisotopic (exact) mass is 331 g/mol. The highest BCUT2D eigenvalue weighted by Crippen LogP contribution is 2.30. The number of nitrogens with zero attached hydrogens (tertiary/aromatic N) is 2. The van der Waals surface area contributed by atoms with Gasteiger partial charge in [0.25, 0.3) is 0 Å². The third-order valence-electron chi connectivity index (χ3n) is 4.97. The zero-order chi connectivity index (χ0) is 17.2. The molecule has 0 atom stereocenters. The Morgan fingerprint density at radius 3 is 2.76 bits per heavy atom. The highest BCUT2D eigenvalue weighted by atomic mass is 16.1. The third kappa shape index (κ3) is 3.01. The first-order chi connectivity index (χ1) is 12.3. The number of H-pyrrole nitrogens is 1. The maximum absolute atomic E-state index is 12.7. The van der Waals surface area contributed by atoms with Crippen molar-refractivity contribution < 1.29 is 4.79 Å². The Hall–Kier alpha value is -2.72. The van der Waals surface area contributed by atoms with Crippen LogP contribution in [-0.4, -0.2) is 40.3 Å². The van der Waals surface area contributed by atoms with Gasteiger partial charge in [-0.3, -0.25) is 14.7 Å². The first kappa shape index (κ1) is 15.8. The molecule has 25 heavy (non-hydrogen) atoms. The first-order valence-electron chi connectivity index (χ1n) is 8.74. The maximum Gasteiger partial charge on any atom is 0.193 e. The van der Waals surface area contributed by atoms with E-state index in [1.807, 2.05) is 18.2 Å². The molecule has 0 aliphatic carbocycles. The number of likely N-dealkylation sites (N-methyl/N-ethyl adjacent to an activating group) is 1. The van der Waals surface area contributed by atoms with Crippen LogP contribution in [0.4, 0.5) is 0 Å². The predicted molar refractivity (Wildman–Crippen MR) is 101 cm³/mol. The van der Waals surface area contributed by atoms with Gasteiger partial charge < -0.3 is 4.98 Å². The summed E-state index contributed by atoms with van der Waals surface area (Å²) in [4.78, 5) is 22.5. The molecule has 1 aromatic carbocycles. The van der Waals surface area contributed by atoms with Crippen LogP contribution in [0.25, 0.3) is 16.5 Å². The van der Waals surface area contributed by atoms with Crippen molar-refractivity contribution in [3.8, 4) is 0 Å². The highest BCUT2D eigenvalue weighted by molar-refractivity contribution is 6.11. The number of carbonyl (C=O) groups excluding carboxylic acids is 1. The number of ketones is 1. The van der Waals surface area contributed by atoms with E-state index in [0.717, 1.165) is 37.0 Å². The second kappa shape index (κ2) is 6.65. The minimum atomic E-state index is 0.0335. The molecule has 0 amide bonds. The van der Waals surface area contributed by atoms with Crippen LogP contribution in [0.3, 0.4) is 0 Å². The quantitative estimate of drug-likeness (QED) is 0.738. The molecule has 1 N–H and O–H groups in total. The second-order valence-corrected chi connectivity index (χ2v) is 6.40. The number of carbonyl (C=O) groups is 1. The van der Waals surface area contributed by atoms with Crippen molar-refractivity contribution in [1.82, 2.24) is 14.9 Å². The molecule has 0 fully saturated rings. The Balaban J connectivity index is 1.71. The summed E-state index contributed by atoms with van der Waals surface area (Å²) in [6.07, 6.45) is 8.73. The molecule has 0 radical (unpaired) electrons. The van der Waals surface area contributed by atoms with Gasteiger partial charge in [-0.05, 0) is 48.9 Å². The number of hydrogen-bond acceptors (Lipinski definition) is 3. The standard InChI is InChI=1S/C21H21N3O/c1-2-24-11-7-15(8-12-24)19-14-23-20-4-3-17(13-18(19)20)21(25)16-5-9-22-10-6-16/h3-7,9-10,13-14,23H,2,8,11-12H2,1H3. The average molecular weight is 331 g/mol. The molecule has 126 valence electrons. The lowest BCUT2D eigenvalue weighted by atomic mass is 9.96. The van der Waals surface area contributed by atoms with E-state index >= 15 is 0 Å².